The van der Waals surface area contributed by atoms with Crippen LogP contribution in [-0.2, 0) is 6.54 Å². The van der Waals surface area contributed by atoms with E-state index in [0.29, 0.717) is 12.0 Å². The molecule has 0 aromatic carbocycles. The van der Waals surface area contributed by atoms with E-state index >= 15 is 0 Å². The molecular formula is C21H36N4O2. The lowest BCUT2D eigenvalue weighted by Crippen LogP contribution is -2.52. The molecule has 2 amide bonds. The van der Waals surface area contributed by atoms with Gasteiger partial charge in [-0.15, -0.1) is 0 Å². The van der Waals surface area contributed by atoms with Crippen LogP contribution in [0, 0.1) is 19.8 Å². The fourth-order valence-corrected chi connectivity index (χ4v) is 4.65. The molecule has 1 aromatic rings. The molecule has 0 bridgehead atoms. The molecule has 2 fully saturated rings. The summed E-state index contributed by atoms with van der Waals surface area (Å²) in [5.41, 5.74) is 2.25. The molecule has 6 nitrogen and oxygen atoms in total. The second-order valence-electron chi connectivity index (χ2n) is 8.63. The van der Waals surface area contributed by atoms with Gasteiger partial charge in [0.05, 0.1) is 5.69 Å². The van der Waals surface area contributed by atoms with Crippen molar-refractivity contribution in [2.24, 2.45) is 5.92 Å². The zero-order valence-electron chi connectivity index (χ0n) is 17.5. The fourth-order valence-electron chi connectivity index (χ4n) is 4.65. The number of nitrogens with one attached hydrogen (secondary N) is 1. The number of piperidine rings is 1. The van der Waals surface area contributed by atoms with Crippen molar-refractivity contribution >= 4 is 6.03 Å². The minimum atomic E-state index is 0.134. The van der Waals surface area contributed by atoms with Crippen LogP contribution in [0.5, 0.6) is 0 Å². The van der Waals surface area contributed by atoms with E-state index in [2.05, 4.69) is 20.3 Å². The van der Waals surface area contributed by atoms with Crippen molar-refractivity contribution in [2.75, 3.05) is 19.6 Å². The van der Waals surface area contributed by atoms with Crippen molar-refractivity contribution < 1.29 is 9.32 Å². The van der Waals surface area contributed by atoms with Gasteiger partial charge in [-0.05, 0) is 72.4 Å². The number of urea groups is 1. The summed E-state index contributed by atoms with van der Waals surface area (Å²) in [4.78, 5) is 17.4. The van der Waals surface area contributed by atoms with Crippen LogP contribution in [0.3, 0.4) is 0 Å². The average Bonchev–Trinajstić information content (AvgIpc) is 2.84. The largest absolute Gasteiger partial charge is 0.361 e. The van der Waals surface area contributed by atoms with Crippen LogP contribution < -0.4 is 5.32 Å². The van der Waals surface area contributed by atoms with Crippen LogP contribution in [0.4, 0.5) is 4.79 Å². The van der Waals surface area contributed by atoms with Crippen LogP contribution in [0.25, 0.3) is 0 Å². The average molecular weight is 377 g/mol. The summed E-state index contributed by atoms with van der Waals surface area (Å²) in [6, 6.07) is 0.723. The molecule has 3 rings (SSSR count). The monoisotopic (exact) mass is 376 g/mol. The number of aryl methyl sites for hydroxylation is 2. The summed E-state index contributed by atoms with van der Waals surface area (Å²) in [7, 11) is 0. The number of nitrogens with zero attached hydrogens (tertiary/aromatic N) is 3. The zero-order chi connectivity index (χ0) is 19.4. The molecule has 2 aliphatic rings. The predicted octanol–water partition coefficient (Wildman–Crippen LogP) is 3.87. The summed E-state index contributed by atoms with van der Waals surface area (Å²) in [5, 5.41) is 7.20. The first-order valence-electron chi connectivity index (χ1n) is 10.7. The Morgan fingerprint density at radius 2 is 1.89 bits per heavy atom. The van der Waals surface area contributed by atoms with Crippen LogP contribution in [0.2, 0.25) is 0 Å². The Bertz CT molecular complexity index is 600. The molecule has 3 heterocycles. The van der Waals surface area contributed by atoms with Crippen molar-refractivity contribution in [3.63, 3.8) is 0 Å². The molecule has 2 aliphatic heterocycles. The molecule has 0 aliphatic carbocycles. The Labute approximate surface area is 163 Å². The van der Waals surface area contributed by atoms with Gasteiger partial charge in [0.25, 0.3) is 0 Å². The molecule has 0 radical (unpaired) electrons. The smallest absolute Gasteiger partial charge is 0.317 e. The van der Waals surface area contributed by atoms with Gasteiger partial charge in [0.15, 0.2) is 0 Å². The number of amides is 2. The van der Waals surface area contributed by atoms with E-state index in [4.69, 9.17) is 4.52 Å². The molecule has 1 unspecified atom stereocenters. The first-order valence-corrected chi connectivity index (χ1v) is 10.7. The van der Waals surface area contributed by atoms with Gasteiger partial charge in [-0.2, -0.15) is 0 Å². The maximum absolute atomic E-state index is 12.8. The second kappa shape index (κ2) is 9.09. The van der Waals surface area contributed by atoms with Crippen molar-refractivity contribution in [3.05, 3.63) is 17.0 Å². The molecule has 1 aromatic heterocycles. The third kappa shape index (κ3) is 5.03. The van der Waals surface area contributed by atoms with Crippen molar-refractivity contribution in [1.82, 2.24) is 20.3 Å². The lowest BCUT2D eigenvalue weighted by molar-refractivity contribution is 0.0972. The maximum Gasteiger partial charge on any atom is 0.317 e. The minimum Gasteiger partial charge on any atom is -0.361 e. The Morgan fingerprint density at radius 1 is 1.15 bits per heavy atom. The Kier molecular flexibility index (Phi) is 6.79. The third-order valence-corrected chi connectivity index (χ3v) is 6.21. The molecule has 2 saturated heterocycles. The normalized spacial score (nSPS) is 22.9. The first-order chi connectivity index (χ1) is 13.0. The van der Waals surface area contributed by atoms with Gasteiger partial charge in [-0.3, -0.25) is 4.90 Å². The van der Waals surface area contributed by atoms with E-state index < -0.39 is 0 Å². The summed E-state index contributed by atoms with van der Waals surface area (Å²) in [6.07, 6.45) is 7.11. The topological polar surface area (TPSA) is 61.6 Å². The van der Waals surface area contributed by atoms with E-state index in [1.807, 2.05) is 27.7 Å². The van der Waals surface area contributed by atoms with E-state index in [1.165, 1.54) is 31.2 Å². The van der Waals surface area contributed by atoms with Gasteiger partial charge in [0.2, 0.25) is 0 Å². The molecule has 1 atom stereocenters. The number of carbonyl (C=O) groups is 1. The van der Waals surface area contributed by atoms with Gasteiger partial charge >= 0.3 is 6.03 Å². The molecule has 1 N–H and O–H groups in total. The quantitative estimate of drug-likeness (QED) is 0.867. The summed E-state index contributed by atoms with van der Waals surface area (Å²) in [6.45, 7) is 12.1. The van der Waals surface area contributed by atoms with Gasteiger partial charge in [0, 0.05) is 30.7 Å². The molecule has 152 valence electrons. The van der Waals surface area contributed by atoms with Crippen molar-refractivity contribution in [2.45, 2.75) is 84.8 Å². The molecule has 0 spiro atoms. The minimum absolute atomic E-state index is 0.134. The lowest BCUT2D eigenvalue weighted by Gasteiger charge is -2.41. The van der Waals surface area contributed by atoms with Crippen molar-refractivity contribution in [1.29, 1.82) is 0 Å². The standard InChI is InChI=1S/C21H36N4O2/c1-15(2)22-21(26)25-11-7-5-6-8-20(25)18-9-12-24(13-10-18)14-19-16(3)23-27-17(19)4/h15,18,20H,5-14H2,1-4H3,(H,22,26). The molecule has 27 heavy (non-hydrogen) atoms. The number of likely N-dealkylation sites (tertiary alicyclic amines) is 2. The number of hydrogen-bond acceptors (Lipinski definition) is 4. The zero-order valence-corrected chi connectivity index (χ0v) is 17.5. The van der Waals surface area contributed by atoms with E-state index in [-0.39, 0.29) is 12.1 Å². The van der Waals surface area contributed by atoms with Crippen LogP contribution in [0.1, 0.15) is 69.4 Å². The van der Waals surface area contributed by atoms with Gasteiger partial charge < -0.3 is 14.7 Å². The second-order valence-corrected chi connectivity index (χ2v) is 8.63. The van der Waals surface area contributed by atoms with Gasteiger partial charge in [0.1, 0.15) is 5.76 Å². The van der Waals surface area contributed by atoms with E-state index in [9.17, 15) is 4.79 Å². The van der Waals surface area contributed by atoms with Crippen molar-refractivity contribution in [3.8, 4) is 0 Å². The Balaban J connectivity index is 1.59. The highest BCUT2D eigenvalue weighted by molar-refractivity contribution is 5.74. The molecule has 0 saturated carbocycles. The van der Waals surface area contributed by atoms with Gasteiger partial charge in [-0.25, -0.2) is 4.79 Å². The lowest BCUT2D eigenvalue weighted by atomic mass is 9.86. The Hall–Kier alpha value is -1.56. The summed E-state index contributed by atoms with van der Waals surface area (Å²) >= 11 is 0. The summed E-state index contributed by atoms with van der Waals surface area (Å²) in [5.74, 6) is 1.55. The van der Waals surface area contributed by atoms with Crippen LogP contribution in [0.15, 0.2) is 4.52 Å². The maximum atomic E-state index is 12.8. The highest BCUT2D eigenvalue weighted by Crippen LogP contribution is 2.31. The first kappa shape index (κ1) is 20.2. The number of hydrogen-bond donors (Lipinski definition) is 1. The van der Waals surface area contributed by atoms with E-state index in [0.717, 1.165) is 50.5 Å². The van der Waals surface area contributed by atoms with E-state index in [1.54, 1.807) is 0 Å². The highest BCUT2D eigenvalue weighted by atomic mass is 16.5. The van der Waals surface area contributed by atoms with Crippen LogP contribution >= 0.6 is 0 Å². The molecular weight excluding hydrogens is 340 g/mol. The Morgan fingerprint density at radius 3 is 2.52 bits per heavy atom. The predicted molar refractivity (Wildman–Crippen MR) is 107 cm³/mol. The molecule has 6 heteroatoms. The SMILES string of the molecule is Cc1noc(C)c1CN1CCC(C2CCCCCN2C(=O)NC(C)C)CC1. The number of aromatic nitrogens is 1. The van der Waals surface area contributed by atoms with Crippen LogP contribution in [-0.4, -0.2) is 52.7 Å². The number of rotatable bonds is 4. The third-order valence-electron chi connectivity index (χ3n) is 6.21. The van der Waals surface area contributed by atoms with Gasteiger partial charge in [-0.1, -0.05) is 18.0 Å². The summed E-state index contributed by atoms with van der Waals surface area (Å²) < 4.78 is 5.31. The number of carbonyl (C=O) groups excluding carboxylic acids is 1. The highest BCUT2D eigenvalue weighted by Gasteiger charge is 2.34. The fraction of sp³-hybridized carbons (Fsp3) is 0.810.